The standard InChI is InChI=1S/C14H22N2O2S/c1-4-19(17,18)16-9-7-15(8-10-16)14-11-12(2)5-6-13(14)3/h5-6,11H,4,7-10H2,1-3H3. The molecule has 0 bridgehead atoms. The molecule has 0 spiro atoms. The van der Waals surface area contributed by atoms with E-state index in [1.165, 1.54) is 16.8 Å². The lowest BCUT2D eigenvalue weighted by molar-refractivity contribution is 0.385. The number of nitrogens with zero attached hydrogens (tertiary/aromatic N) is 2. The molecule has 2 rings (SSSR count). The van der Waals surface area contributed by atoms with Crippen molar-refractivity contribution >= 4 is 15.7 Å². The average molecular weight is 282 g/mol. The molecule has 1 aliphatic rings. The molecule has 0 N–H and O–H groups in total. The molecule has 1 aromatic rings. The summed E-state index contributed by atoms with van der Waals surface area (Å²) in [5, 5.41) is 0. The molecule has 106 valence electrons. The Bertz CT molecular complexity index is 547. The van der Waals surface area contributed by atoms with Gasteiger partial charge in [0.2, 0.25) is 10.0 Å². The number of hydrogen-bond acceptors (Lipinski definition) is 3. The largest absolute Gasteiger partial charge is 0.369 e. The van der Waals surface area contributed by atoms with Crippen LogP contribution in [-0.4, -0.2) is 44.7 Å². The van der Waals surface area contributed by atoms with E-state index in [4.69, 9.17) is 0 Å². The van der Waals surface area contributed by atoms with E-state index < -0.39 is 10.0 Å². The van der Waals surface area contributed by atoms with E-state index >= 15 is 0 Å². The van der Waals surface area contributed by atoms with Gasteiger partial charge >= 0.3 is 0 Å². The summed E-state index contributed by atoms with van der Waals surface area (Å²) in [6, 6.07) is 6.41. The maximum atomic E-state index is 11.8. The number of aryl methyl sites for hydroxylation is 2. The number of hydrogen-bond donors (Lipinski definition) is 0. The van der Waals surface area contributed by atoms with Crippen LogP contribution in [0.15, 0.2) is 18.2 Å². The molecule has 4 nitrogen and oxygen atoms in total. The fourth-order valence-corrected chi connectivity index (χ4v) is 3.53. The van der Waals surface area contributed by atoms with Crippen LogP contribution in [0.1, 0.15) is 18.1 Å². The molecular formula is C14H22N2O2S. The van der Waals surface area contributed by atoms with E-state index in [1.807, 2.05) is 0 Å². The van der Waals surface area contributed by atoms with Crippen molar-refractivity contribution in [2.24, 2.45) is 0 Å². The van der Waals surface area contributed by atoms with Crippen molar-refractivity contribution in [3.05, 3.63) is 29.3 Å². The highest BCUT2D eigenvalue weighted by Crippen LogP contribution is 2.23. The zero-order valence-electron chi connectivity index (χ0n) is 11.9. The summed E-state index contributed by atoms with van der Waals surface area (Å²) in [6.07, 6.45) is 0. The molecular weight excluding hydrogens is 260 g/mol. The third-order valence-electron chi connectivity index (χ3n) is 3.70. The van der Waals surface area contributed by atoms with Crippen molar-refractivity contribution in [3.63, 3.8) is 0 Å². The van der Waals surface area contributed by atoms with Crippen LogP contribution in [0.5, 0.6) is 0 Å². The van der Waals surface area contributed by atoms with E-state index in [0.29, 0.717) is 13.1 Å². The summed E-state index contributed by atoms with van der Waals surface area (Å²) >= 11 is 0. The van der Waals surface area contributed by atoms with Crippen LogP contribution in [0.25, 0.3) is 0 Å². The molecule has 0 aliphatic carbocycles. The van der Waals surface area contributed by atoms with Crippen molar-refractivity contribution in [2.75, 3.05) is 36.8 Å². The molecule has 1 saturated heterocycles. The van der Waals surface area contributed by atoms with Crippen molar-refractivity contribution in [3.8, 4) is 0 Å². The van der Waals surface area contributed by atoms with Crippen molar-refractivity contribution in [1.82, 2.24) is 4.31 Å². The first-order chi connectivity index (χ1) is 8.94. The van der Waals surface area contributed by atoms with Crippen LogP contribution in [0.3, 0.4) is 0 Å². The lowest BCUT2D eigenvalue weighted by Gasteiger charge is -2.36. The lowest BCUT2D eigenvalue weighted by atomic mass is 10.1. The summed E-state index contributed by atoms with van der Waals surface area (Å²) in [7, 11) is -3.04. The van der Waals surface area contributed by atoms with Gasteiger partial charge < -0.3 is 4.90 Å². The third kappa shape index (κ3) is 3.09. The van der Waals surface area contributed by atoms with Crippen molar-refractivity contribution in [1.29, 1.82) is 0 Å². The number of rotatable bonds is 3. The Morgan fingerprint density at radius 1 is 1.11 bits per heavy atom. The topological polar surface area (TPSA) is 40.6 Å². The molecule has 1 aliphatic heterocycles. The van der Waals surface area contributed by atoms with Crippen LogP contribution >= 0.6 is 0 Å². The Balaban J connectivity index is 2.10. The smallest absolute Gasteiger partial charge is 0.213 e. The van der Waals surface area contributed by atoms with Crippen LogP contribution in [-0.2, 0) is 10.0 Å². The molecule has 1 heterocycles. The lowest BCUT2D eigenvalue weighted by Crippen LogP contribution is -2.49. The normalized spacial score (nSPS) is 17.7. The average Bonchev–Trinajstić information content (AvgIpc) is 2.42. The molecule has 0 saturated carbocycles. The zero-order chi connectivity index (χ0) is 14.0. The zero-order valence-corrected chi connectivity index (χ0v) is 12.7. The minimum atomic E-state index is -3.04. The number of anilines is 1. The fraction of sp³-hybridized carbons (Fsp3) is 0.571. The van der Waals surface area contributed by atoms with Gasteiger partial charge in [-0.2, -0.15) is 4.31 Å². The second kappa shape index (κ2) is 5.51. The molecule has 1 fully saturated rings. The Hall–Kier alpha value is -1.07. The second-order valence-electron chi connectivity index (χ2n) is 5.08. The number of sulfonamides is 1. The molecule has 0 atom stereocenters. The Morgan fingerprint density at radius 3 is 2.32 bits per heavy atom. The van der Waals surface area contributed by atoms with Crippen molar-refractivity contribution < 1.29 is 8.42 Å². The first kappa shape index (κ1) is 14.3. The third-order valence-corrected chi connectivity index (χ3v) is 5.58. The molecule has 0 amide bonds. The Kier molecular flexibility index (Phi) is 4.16. The monoisotopic (exact) mass is 282 g/mol. The molecule has 19 heavy (non-hydrogen) atoms. The molecule has 5 heteroatoms. The van der Waals surface area contributed by atoms with Gasteiger partial charge in [0.25, 0.3) is 0 Å². The van der Waals surface area contributed by atoms with Gasteiger partial charge in [0.15, 0.2) is 0 Å². The Labute approximate surface area is 116 Å². The maximum Gasteiger partial charge on any atom is 0.213 e. The number of piperazine rings is 1. The minimum Gasteiger partial charge on any atom is -0.369 e. The highest BCUT2D eigenvalue weighted by atomic mass is 32.2. The predicted molar refractivity (Wildman–Crippen MR) is 79.2 cm³/mol. The van der Waals surface area contributed by atoms with E-state index in [-0.39, 0.29) is 5.75 Å². The van der Waals surface area contributed by atoms with Gasteiger partial charge in [-0.3, -0.25) is 0 Å². The number of benzene rings is 1. The second-order valence-corrected chi connectivity index (χ2v) is 7.33. The van der Waals surface area contributed by atoms with Gasteiger partial charge in [0.1, 0.15) is 0 Å². The van der Waals surface area contributed by atoms with E-state index in [1.54, 1.807) is 11.2 Å². The van der Waals surface area contributed by atoms with Crippen LogP contribution < -0.4 is 4.90 Å². The van der Waals surface area contributed by atoms with Crippen LogP contribution in [0, 0.1) is 13.8 Å². The molecule has 0 radical (unpaired) electrons. The summed E-state index contributed by atoms with van der Waals surface area (Å²) in [6.45, 7) is 8.59. The Morgan fingerprint density at radius 2 is 1.74 bits per heavy atom. The van der Waals surface area contributed by atoms with E-state index in [9.17, 15) is 8.42 Å². The van der Waals surface area contributed by atoms with E-state index in [2.05, 4.69) is 36.9 Å². The summed E-state index contributed by atoms with van der Waals surface area (Å²) in [5.74, 6) is 0.191. The summed E-state index contributed by atoms with van der Waals surface area (Å²) < 4.78 is 25.3. The first-order valence-corrected chi connectivity index (χ1v) is 8.35. The summed E-state index contributed by atoms with van der Waals surface area (Å²) in [4.78, 5) is 2.28. The van der Waals surface area contributed by atoms with Gasteiger partial charge in [0.05, 0.1) is 5.75 Å². The molecule has 0 aromatic heterocycles. The maximum absolute atomic E-state index is 11.8. The fourth-order valence-electron chi connectivity index (χ4n) is 2.45. The molecule has 0 unspecified atom stereocenters. The van der Waals surface area contributed by atoms with E-state index in [0.717, 1.165) is 13.1 Å². The first-order valence-electron chi connectivity index (χ1n) is 6.74. The van der Waals surface area contributed by atoms with Gasteiger partial charge in [-0.1, -0.05) is 12.1 Å². The SMILES string of the molecule is CCS(=O)(=O)N1CCN(c2cc(C)ccc2C)CC1. The quantitative estimate of drug-likeness (QED) is 0.848. The van der Waals surface area contributed by atoms with Crippen molar-refractivity contribution in [2.45, 2.75) is 20.8 Å². The van der Waals surface area contributed by atoms with Gasteiger partial charge in [0, 0.05) is 31.9 Å². The predicted octanol–water partition coefficient (Wildman–Crippen LogP) is 1.78. The van der Waals surface area contributed by atoms with Crippen LogP contribution in [0.2, 0.25) is 0 Å². The summed E-state index contributed by atoms with van der Waals surface area (Å²) in [5.41, 5.74) is 3.72. The molecule has 1 aromatic carbocycles. The van der Waals surface area contributed by atoms with Crippen LogP contribution in [0.4, 0.5) is 5.69 Å². The highest BCUT2D eigenvalue weighted by molar-refractivity contribution is 7.89. The highest BCUT2D eigenvalue weighted by Gasteiger charge is 2.25. The minimum absolute atomic E-state index is 0.191. The van der Waals surface area contributed by atoms with Gasteiger partial charge in [-0.05, 0) is 38.0 Å². The van der Waals surface area contributed by atoms with Gasteiger partial charge in [-0.25, -0.2) is 8.42 Å². The van der Waals surface area contributed by atoms with Gasteiger partial charge in [-0.15, -0.1) is 0 Å².